The molecule has 150 valence electrons. The van der Waals surface area contributed by atoms with Gasteiger partial charge in [0.05, 0.1) is 22.8 Å². The Labute approximate surface area is 175 Å². The molecule has 29 heavy (non-hydrogen) atoms. The lowest BCUT2D eigenvalue weighted by molar-refractivity contribution is 0.102. The van der Waals surface area contributed by atoms with Gasteiger partial charge in [-0.1, -0.05) is 28.1 Å². The molecule has 1 aliphatic heterocycles. The van der Waals surface area contributed by atoms with Crippen LogP contribution >= 0.6 is 15.9 Å². The van der Waals surface area contributed by atoms with Gasteiger partial charge >= 0.3 is 0 Å². The van der Waals surface area contributed by atoms with E-state index in [1.165, 1.54) is 22.5 Å². The fourth-order valence-corrected chi connectivity index (χ4v) is 4.93. The minimum Gasteiger partial charge on any atom is -0.506 e. The predicted molar refractivity (Wildman–Crippen MR) is 114 cm³/mol. The van der Waals surface area contributed by atoms with Gasteiger partial charge in [0, 0.05) is 16.6 Å². The number of hydrogen-bond donors (Lipinski definition) is 3. The fourth-order valence-electron chi connectivity index (χ4n) is 3.11. The van der Waals surface area contributed by atoms with E-state index in [4.69, 9.17) is 0 Å². The Balaban J connectivity index is 1.56. The van der Waals surface area contributed by atoms with Crippen LogP contribution in [0.25, 0.3) is 11.3 Å². The van der Waals surface area contributed by atoms with Crippen LogP contribution in [-0.2, 0) is 10.0 Å². The molecule has 8 nitrogen and oxygen atoms in total. The van der Waals surface area contributed by atoms with Crippen molar-refractivity contribution in [2.75, 3.05) is 21.9 Å². The Morgan fingerprint density at radius 2 is 1.93 bits per heavy atom. The van der Waals surface area contributed by atoms with Crippen molar-refractivity contribution in [1.29, 1.82) is 0 Å². The van der Waals surface area contributed by atoms with Gasteiger partial charge in [-0.15, -0.1) is 0 Å². The molecule has 1 fully saturated rings. The second kappa shape index (κ2) is 7.53. The normalized spacial score (nSPS) is 15.4. The van der Waals surface area contributed by atoms with E-state index in [0.29, 0.717) is 24.3 Å². The number of carbonyl (C=O) groups excluding carboxylic acids is 1. The Morgan fingerprint density at radius 3 is 2.62 bits per heavy atom. The summed E-state index contributed by atoms with van der Waals surface area (Å²) in [4.78, 5) is 12.6. The van der Waals surface area contributed by atoms with Crippen molar-refractivity contribution >= 4 is 43.2 Å². The highest BCUT2D eigenvalue weighted by Crippen LogP contribution is 2.32. The van der Waals surface area contributed by atoms with Crippen LogP contribution in [0.5, 0.6) is 5.75 Å². The molecular formula is C19H17BrN4O4S. The van der Waals surface area contributed by atoms with Crippen LogP contribution < -0.4 is 9.62 Å². The summed E-state index contributed by atoms with van der Waals surface area (Å²) in [6, 6.07) is 13.4. The SMILES string of the molecule is O=C(Nc1cc(N2CCCS2(=O)=O)ccc1O)c1cc(-c2ccc(Br)cc2)n[nH]1. The van der Waals surface area contributed by atoms with E-state index >= 15 is 0 Å². The number of carbonyl (C=O) groups is 1. The smallest absolute Gasteiger partial charge is 0.273 e. The first-order valence-corrected chi connectivity index (χ1v) is 11.2. The van der Waals surface area contributed by atoms with Crippen LogP contribution in [0.15, 0.2) is 53.0 Å². The van der Waals surface area contributed by atoms with Gasteiger partial charge in [-0.2, -0.15) is 5.10 Å². The number of nitrogens with one attached hydrogen (secondary N) is 2. The van der Waals surface area contributed by atoms with E-state index in [9.17, 15) is 18.3 Å². The number of halogens is 1. The Hall–Kier alpha value is -2.85. The molecule has 3 aromatic rings. The molecule has 1 aromatic heterocycles. The first kappa shape index (κ1) is 19.5. The Kier molecular flexibility index (Phi) is 5.05. The number of sulfonamides is 1. The number of phenolic OH excluding ortho intramolecular Hbond substituents is 1. The second-order valence-electron chi connectivity index (χ2n) is 6.57. The highest BCUT2D eigenvalue weighted by atomic mass is 79.9. The van der Waals surface area contributed by atoms with E-state index in [-0.39, 0.29) is 22.9 Å². The molecule has 2 heterocycles. The second-order valence-corrected chi connectivity index (χ2v) is 9.50. The maximum Gasteiger partial charge on any atom is 0.273 e. The summed E-state index contributed by atoms with van der Waals surface area (Å²) in [5.74, 6) is -0.577. The van der Waals surface area contributed by atoms with Gasteiger partial charge in [-0.05, 0) is 42.8 Å². The molecule has 3 N–H and O–H groups in total. The molecule has 1 aliphatic rings. The molecule has 0 bridgehead atoms. The molecule has 0 atom stereocenters. The van der Waals surface area contributed by atoms with Crippen LogP contribution in [0.1, 0.15) is 16.9 Å². The van der Waals surface area contributed by atoms with Crippen molar-refractivity contribution in [3.05, 3.63) is 58.7 Å². The summed E-state index contributed by atoms with van der Waals surface area (Å²) in [6.45, 7) is 0.373. The van der Waals surface area contributed by atoms with Crippen molar-refractivity contribution in [3.8, 4) is 17.0 Å². The Morgan fingerprint density at radius 1 is 1.17 bits per heavy atom. The first-order valence-electron chi connectivity index (χ1n) is 8.80. The van der Waals surface area contributed by atoms with Gasteiger partial charge in [0.25, 0.3) is 5.91 Å². The standard InChI is InChI=1S/C19H17BrN4O4S/c20-13-4-2-12(3-5-13)15-11-17(23-22-15)19(26)21-16-10-14(6-7-18(16)25)24-8-1-9-29(24,27)28/h2-7,10-11,25H,1,8-9H2,(H,21,26)(H,22,23). The van der Waals surface area contributed by atoms with Gasteiger partial charge in [0.2, 0.25) is 10.0 Å². The number of aromatic nitrogens is 2. The zero-order valence-corrected chi connectivity index (χ0v) is 17.5. The van der Waals surface area contributed by atoms with Crippen molar-refractivity contribution in [2.45, 2.75) is 6.42 Å². The van der Waals surface area contributed by atoms with Crippen LogP contribution in [0.2, 0.25) is 0 Å². The molecule has 1 saturated heterocycles. The Bertz CT molecular complexity index is 1180. The molecule has 0 unspecified atom stereocenters. The summed E-state index contributed by atoms with van der Waals surface area (Å²) >= 11 is 3.37. The lowest BCUT2D eigenvalue weighted by Gasteiger charge is -2.18. The van der Waals surface area contributed by atoms with Gasteiger partial charge in [0.15, 0.2) is 0 Å². The topological polar surface area (TPSA) is 115 Å². The highest BCUT2D eigenvalue weighted by Gasteiger charge is 2.29. The number of amides is 1. The number of anilines is 2. The fraction of sp³-hybridized carbons (Fsp3) is 0.158. The molecule has 4 rings (SSSR count). The molecule has 0 saturated carbocycles. The summed E-state index contributed by atoms with van der Waals surface area (Å²) in [5, 5.41) is 19.5. The predicted octanol–water partition coefficient (Wildman–Crippen LogP) is 3.34. The van der Waals surface area contributed by atoms with Crippen molar-refractivity contribution in [3.63, 3.8) is 0 Å². The van der Waals surface area contributed by atoms with E-state index in [0.717, 1.165) is 10.0 Å². The molecule has 0 radical (unpaired) electrons. The van der Waals surface area contributed by atoms with E-state index in [2.05, 4.69) is 31.4 Å². The minimum atomic E-state index is -3.36. The van der Waals surface area contributed by atoms with E-state index in [1.807, 2.05) is 24.3 Å². The number of aromatic hydroxyl groups is 1. The van der Waals surface area contributed by atoms with Crippen LogP contribution in [0.4, 0.5) is 11.4 Å². The first-order chi connectivity index (χ1) is 13.8. The molecule has 0 spiro atoms. The van der Waals surface area contributed by atoms with Gasteiger partial charge in [-0.3, -0.25) is 14.2 Å². The van der Waals surface area contributed by atoms with Crippen molar-refractivity contribution in [2.24, 2.45) is 0 Å². The van der Waals surface area contributed by atoms with Crippen LogP contribution in [-0.4, -0.2) is 41.9 Å². The molecular weight excluding hydrogens is 460 g/mol. The van der Waals surface area contributed by atoms with Gasteiger partial charge in [0.1, 0.15) is 11.4 Å². The van der Waals surface area contributed by atoms with Crippen LogP contribution in [0, 0.1) is 0 Å². The lowest BCUT2D eigenvalue weighted by atomic mass is 10.1. The third kappa shape index (κ3) is 3.99. The monoisotopic (exact) mass is 476 g/mol. The van der Waals surface area contributed by atoms with E-state index in [1.54, 1.807) is 6.07 Å². The summed E-state index contributed by atoms with van der Waals surface area (Å²) in [6.07, 6.45) is 0.540. The molecule has 0 aliphatic carbocycles. The maximum absolute atomic E-state index is 12.6. The highest BCUT2D eigenvalue weighted by molar-refractivity contribution is 9.10. The average Bonchev–Trinajstić information content (AvgIpc) is 3.31. The lowest BCUT2D eigenvalue weighted by Crippen LogP contribution is -2.25. The largest absolute Gasteiger partial charge is 0.506 e. The van der Waals surface area contributed by atoms with Gasteiger partial charge < -0.3 is 10.4 Å². The number of phenols is 1. The van der Waals surface area contributed by atoms with Crippen LogP contribution in [0.3, 0.4) is 0 Å². The number of benzene rings is 2. The summed E-state index contributed by atoms with van der Waals surface area (Å²) in [5.41, 5.74) is 2.17. The zero-order chi connectivity index (χ0) is 20.6. The third-order valence-corrected chi connectivity index (χ3v) is 6.98. The average molecular weight is 477 g/mol. The number of nitrogens with zero attached hydrogens (tertiary/aromatic N) is 2. The molecule has 2 aromatic carbocycles. The van der Waals surface area contributed by atoms with Gasteiger partial charge in [-0.25, -0.2) is 8.42 Å². The van der Waals surface area contributed by atoms with Crippen molar-refractivity contribution in [1.82, 2.24) is 10.2 Å². The zero-order valence-electron chi connectivity index (χ0n) is 15.1. The third-order valence-electron chi connectivity index (χ3n) is 4.58. The molecule has 1 amide bonds. The molecule has 10 heteroatoms. The quantitative estimate of drug-likeness (QED) is 0.499. The number of rotatable bonds is 4. The number of aromatic amines is 1. The summed E-state index contributed by atoms with van der Waals surface area (Å²) < 4.78 is 26.5. The van der Waals surface area contributed by atoms with E-state index < -0.39 is 15.9 Å². The minimum absolute atomic E-state index is 0.0859. The summed E-state index contributed by atoms with van der Waals surface area (Å²) in [7, 11) is -3.36. The maximum atomic E-state index is 12.6. The number of hydrogen-bond acceptors (Lipinski definition) is 5. The van der Waals surface area contributed by atoms with Crippen molar-refractivity contribution < 1.29 is 18.3 Å². The number of H-pyrrole nitrogens is 1.